The van der Waals surface area contributed by atoms with Gasteiger partial charge in [-0.15, -0.1) is 0 Å². The summed E-state index contributed by atoms with van der Waals surface area (Å²) in [7, 11) is 0. The second-order valence-electron chi connectivity index (χ2n) is 5.82. The predicted octanol–water partition coefficient (Wildman–Crippen LogP) is 3.72. The number of fused-ring (bicyclic) bond motifs is 1. The number of halogens is 1. The topological polar surface area (TPSA) is 83.6 Å². The van der Waals surface area contributed by atoms with Crippen LogP contribution in [0, 0.1) is 12.7 Å². The largest absolute Gasteiger partial charge is 0.323 e. The van der Waals surface area contributed by atoms with Gasteiger partial charge in [0.25, 0.3) is 5.91 Å². The highest BCUT2D eigenvalue weighted by molar-refractivity contribution is 6.10. The molecule has 2 N–H and O–H groups in total. The fourth-order valence-corrected chi connectivity index (χ4v) is 2.56. The Labute approximate surface area is 148 Å². The first-order chi connectivity index (χ1) is 12.6. The summed E-state index contributed by atoms with van der Waals surface area (Å²) in [6.45, 7) is 1.92. The highest BCUT2D eigenvalue weighted by Gasteiger charge is 2.16. The summed E-state index contributed by atoms with van der Waals surface area (Å²) in [5.41, 5.74) is 3.01. The number of imidazole rings is 1. The zero-order valence-corrected chi connectivity index (χ0v) is 13.8. The van der Waals surface area contributed by atoms with Crippen molar-refractivity contribution in [1.29, 1.82) is 0 Å². The number of aromatic amines is 1. The molecule has 3 aromatic heterocycles. The van der Waals surface area contributed by atoms with Gasteiger partial charge in [0, 0.05) is 18.0 Å². The van der Waals surface area contributed by atoms with Crippen LogP contribution in [-0.2, 0) is 0 Å². The molecule has 0 saturated heterocycles. The zero-order valence-electron chi connectivity index (χ0n) is 13.8. The van der Waals surface area contributed by atoms with E-state index in [1.54, 1.807) is 30.5 Å². The van der Waals surface area contributed by atoms with Crippen molar-refractivity contribution >= 4 is 22.9 Å². The predicted molar refractivity (Wildman–Crippen MR) is 96.2 cm³/mol. The first kappa shape index (κ1) is 15.9. The molecule has 1 aromatic carbocycles. The summed E-state index contributed by atoms with van der Waals surface area (Å²) >= 11 is 0. The molecule has 4 aromatic rings. The molecule has 26 heavy (non-hydrogen) atoms. The van der Waals surface area contributed by atoms with Crippen molar-refractivity contribution in [2.75, 3.05) is 5.32 Å². The Morgan fingerprint density at radius 2 is 1.88 bits per heavy atom. The first-order valence-electron chi connectivity index (χ1n) is 7.95. The number of hydrogen-bond donors (Lipinski definition) is 2. The second-order valence-corrected chi connectivity index (χ2v) is 5.82. The van der Waals surface area contributed by atoms with E-state index in [1.807, 2.05) is 13.0 Å². The number of nitrogens with zero attached hydrogens (tertiary/aromatic N) is 3. The van der Waals surface area contributed by atoms with Gasteiger partial charge in [-0.25, -0.2) is 19.3 Å². The lowest BCUT2D eigenvalue weighted by Gasteiger charge is -2.04. The van der Waals surface area contributed by atoms with Crippen LogP contribution in [0.1, 0.15) is 15.9 Å². The van der Waals surface area contributed by atoms with E-state index in [2.05, 4.69) is 25.3 Å². The van der Waals surface area contributed by atoms with Crippen LogP contribution in [0.5, 0.6) is 0 Å². The van der Waals surface area contributed by atoms with Crippen molar-refractivity contribution in [2.45, 2.75) is 6.92 Å². The van der Waals surface area contributed by atoms with E-state index in [9.17, 15) is 9.18 Å². The maximum atomic E-state index is 13.1. The van der Waals surface area contributed by atoms with Crippen molar-refractivity contribution in [1.82, 2.24) is 19.9 Å². The monoisotopic (exact) mass is 347 g/mol. The highest BCUT2D eigenvalue weighted by Crippen LogP contribution is 2.22. The lowest BCUT2D eigenvalue weighted by atomic mass is 10.2. The van der Waals surface area contributed by atoms with Crippen molar-refractivity contribution in [3.63, 3.8) is 0 Å². The molecule has 3 heterocycles. The molecule has 0 aliphatic heterocycles. The number of carbonyl (C=O) groups excluding carboxylic acids is 1. The summed E-state index contributed by atoms with van der Waals surface area (Å²) in [6.07, 6.45) is 3.21. The molecule has 0 unspecified atom stereocenters. The average Bonchev–Trinajstić information content (AvgIpc) is 3.08. The van der Waals surface area contributed by atoms with E-state index in [0.29, 0.717) is 33.9 Å². The number of H-pyrrole nitrogens is 1. The SMILES string of the molecule is Cc1ccc(NC(=O)c2ccnc3[nH]c(-c4ccc(F)cc4)nc23)nc1. The lowest BCUT2D eigenvalue weighted by molar-refractivity contribution is 0.102. The number of aromatic nitrogens is 4. The molecular weight excluding hydrogens is 333 g/mol. The molecule has 0 aliphatic carbocycles. The fraction of sp³-hybridized carbons (Fsp3) is 0.0526. The summed E-state index contributed by atoms with van der Waals surface area (Å²) in [5, 5.41) is 2.75. The average molecular weight is 347 g/mol. The fourth-order valence-electron chi connectivity index (χ4n) is 2.56. The standard InChI is InChI=1S/C19H14FN5O/c1-11-2-7-15(22-10-11)23-19(26)14-8-9-21-18-16(14)24-17(25-18)12-3-5-13(20)6-4-12/h2-10H,1H3,(H,21,24,25)(H,22,23,26). The molecule has 0 spiro atoms. The number of aryl methyl sites for hydroxylation is 1. The second kappa shape index (κ2) is 6.36. The highest BCUT2D eigenvalue weighted by atomic mass is 19.1. The minimum absolute atomic E-state index is 0.325. The minimum Gasteiger partial charge on any atom is -0.323 e. The molecule has 4 rings (SSSR count). The van der Waals surface area contributed by atoms with Crippen LogP contribution in [0.2, 0.25) is 0 Å². The number of benzene rings is 1. The third-order valence-electron chi connectivity index (χ3n) is 3.90. The maximum absolute atomic E-state index is 13.1. The van der Waals surface area contributed by atoms with Gasteiger partial charge in [0.2, 0.25) is 0 Å². The van der Waals surface area contributed by atoms with Crippen LogP contribution in [0.4, 0.5) is 10.2 Å². The number of rotatable bonds is 3. The maximum Gasteiger partial charge on any atom is 0.259 e. The van der Waals surface area contributed by atoms with Gasteiger partial charge in [0.15, 0.2) is 5.65 Å². The number of carbonyl (C=O) groups is 1. The molecule has 0 saturated carbocycles. The van der Waals surface area contributed by atoms with Crippen LogP contribution < -0.4 is 5.32 Å². The van der Waals surface area contributed by atoms with E-state index in [0.717, 1.165) is 5.56 Å². The van der Waals surface area contributed by atoms with Gasteiger partial charge in [-0.05, 0) is 48.9 Å². The Hall–Kier alpha value is -3.61. The van der Waals surface area contributed by atoms with Crippen LogP contribution >= 0.6 is 0 Å². The summed E-state index contributed by atoms with van der Waals surface area (Å²) in [4.78, 5) is 28.5. The van der Waals surface area contributed by atoms with Crippen LogP contribution in [0.25, 0.3) is 22.6 Å². The summed E-state index contributed by atoms with van der Waals surface area (Å²) in [6, 6.07) is 11.1. The van der Waals surface area contributed by atoms with E-state index in [4.69, 9.17) is 0 Å². The third kappa shape index (κ3) is 3.02. The quantitative estimate of drug-likeness (QED) is 0.592. The van der Waals surface area contributed by atoms with Crippen LogP contribution in [0.15, 0.2) is 54.9 Å². The molecular formula is C19H14FN5O. The van der Waals surface area contributed by atoms with E-state index < -0.39 is 0 Å². The number of hydrogen-bond acceptors (Lipinski definition) is 4. The van der Waals surface area contributed by atoms with Gasteiger partial charge in [-0.3, -0.25) is 4.79 Å². The molecule has 1 amide bonds. The molecule has 0 bridgehead atoms. The Morgan fingerprint density at radius 3 is 2.62 bits per heavy atom. The summed E-state index contributed by atoms with van der Waals surface area (Å²) in [5.74, 6) is 0.320. The van der Waals surface area contributed by atoms with E-state index in [-0.39, 0.29) is 11.7 Å². The van der Waals surface area contributed by atoms with Crippen molar-refractivity contribution in [3.8, 4) is 11.4 Å². The van der Waals surface area contributed by atoms with Gasteiger partial charge < -0.3 is 10.3 Å². The zero-order chi connectivity index (χ0) is 18.1. The molecule has 0 fully saturated rings. The molecule has 0 atom stereocenters. The third-order valence-corrected chi connectivity index (χ3v) is 3.90. The molecule has 0 aliphatic rings. The Balaban J connectivity index is 1.70. The number of anilines is 1. The van der Waals surface area contributed by atoms with Crippen molar-refractivity contribution in [2.24, 2.45) is 0 Å². The smallest absolute Gasteiger partial charge is 0.259 e. The molecule has 128 valence electrons. The Kier molecular flexibility index (Phi) is 3.89. The van der Waals surface area contributed by atoms with Gasteiger partial charge in [0.05, 0.1) is 5.56 Å². The van der Waals surface area contributed by atoms with E-state index in [1.165, 1.54) is 18.3 Å². The number of amides is 1. The Bertz CT molecular complexity index is 1090. The molecule has 0 radical (unpaired) electrons. The summed E-state index contributed by atoms with van der Waals surface area (Å²) < 4.78 is 13.1. The van der Waals surface area contributed by atoms with Gasteiger partial charge in [-0.1, -0.05) is 6.07 Å². The van der Waals surface area contributed by atoms with Crippen LogP contribution in [0.3, 0.4) is 0 Å². The van der Waals surface area contributed by atoms with Gasteiger partial charge in [0.1, 0.15) is 23.0 Å². The Morgan fingerprint density at radius 1 is 1.08 bits per heavy atom. The molecule has 7 heteroatoms. The molecule has 6 nitrogen and oxygen atoms in total. The van der Waals surface area contributed by atoms with Gasteiger partial charge >= 0.3 is 0 Å². The number of pyridine rings is 2. The minimum atomic E-state index is -0.328. The first-order valence-corrected chi connectivity index (χ1v) is 7.95. The van der Waals surface area contributed by atoms with Crippen LogP contribution in [-0.4, -0.2) is 25.8 Å². The van der Waals surface area contributed by atoms with Gasteiger partial charge in [-0.2, -0.15) is 0 Å². The van der Waals surface area contributed by atoms with Crippen molar-refractivity contribution in [3.05, 3.63) is 71.8 Å². The van der Waals surface area contributed by atoms with E-state index >= 15 is 0 Å². The van der Waals surface area contributed by atoms with Crippen molar-refractivity contribution < 1.29 is 9.18 Å². The number of nitrogens with one attached hydrogen (secondary N) is 2. The lowest BCUT2D eigenvalue weighted by Crippen LogP contribution is -2.13. The normalized spacial score (nSPS) is 10.8.